The van der Waals surface area contributed by atoms with Crippen LogP contribution in [-0.4, -0.2) is 53.3 Å². The van der Waals surface area contributed by atoms with E-state index in [-0.39, 0.29) is 12.1 Å². The molecular weight excluding hydrogens is 330 g/mol. The minimum atomic E-state index is -0.213. The lowest BCUT2D eigenvalue weighted by atomic mass is 10.1. The number of carbonyl (C=O) groups excluding carboxylic acids is 1. The van der Waals surface area contributed by atoms with E-state index in [1.54, 1.807) is 12.5 Å². The Balaban J connectivity index is 1.45. The van der Waals surface area contributed by atoms with Crippen LogP contribution in [-0.2, 0) is 6.54 Å². The maximum absolute atomic E-state index is 12.2. The second kappa shape index (κ2) is 9.24. The molecule has 1 aromatic carbocycles. The third kappa shape index (κ3) is 5.49. The molecular formula is C19H27N5O2. The Morgan fingerprint density at radius 2 is 2.12 bits per heavy atom. The molecule has 3 rings (SSSR count). The Hall–Kier alpha value is -2.54. The maximum atomic E-state index is 12.2. The standard InChI is InChI=1S/C19H27N5O2/c1-23-12-7-16(8-13-23)26-18-6-3-2-5-17(18)22-19(25)21-9-4-11-24-14-10-20-15-24/h2-3,5-6,10,14-16H,4,7-9,11-13H2,1H3,(H2,21,22,25). The number of aromatic nitrogens is 2. The molecule has 2 heterocycles. The van der Waals surface area contributed by atoms with Gasteiger partial charge in [0.2, 0.25) is 0 Å². The van der Waals surface area contributed by atoms with Gasteiger partial charge in [0.05, 0.1) is 12.0 Å². The summed E-state index contributed by atoms with van der Waals surface area (Å²) >= 11 is 0. The van der Waals surface area contributed by atoms with Crippen molar-refractivity contribution in [1.29, 1.82) is 0 Å². The Morgan fingerprint density at radius 1 is 1.31 bits per heavy atom. The van der Waals surface area contributed by atoms with Crippen LogP contribution < -0.4 is 15.4 Å². The summed E-state index contributed by atoms with van der Waals surface area (Å²) in [6, 6.07) is 7.40. The lowest BCUT2D eigenvalue weighted by Crippen LogP contribution is -2.36. The molecule has 0 unspecified atom stereocenters. The van der Waals surface area contributed by atoms with Crippen molar-refractivity contribution in [1.82, 2.24) is 19.8 Å². The molecule has 0 spiro atoms. The van der Waals surface area contributed by atoms with Crippen molar-refractivity contribution in [3.05, 3.63) is 43.0 Å². The van der Waals surface area contributed by atoms with E-state index in [0.717, 1.165) is 44.6 Å². The number of hydrogen-bond acceptors (Lipinski definition) is 4. The summed E-state index contributed by atoms with van der Waals surface area (Å²) in [7, 11) is 2.13. The first kappa shape index (κ1) is 18.3. The first-order chi connectivity index (χ1) is 12.7. The second-order valence-corrected chi connectivity index (χ2v) is 6.65. The van der Waals surface area contributed by atoms with Crippen LogP contribution in [0, 0.1) is 0 Å². The molecule has 1 aliphatic rings. The third-order valence-electron chi connectivity index (χ3n) is 4.53. The Morgan fingerprint density at radius 3 is 2.88 bits per heavy atom. The van der Waals surface area contributed by atoms with Crippen molar-refractivity contribution in [2.75, 3.05) is 32.0 Å². The summed E-state index contributed by atoms with van der Waals surface area (Å²) < 4.78 is 8.12. The molecule has 0 aliphatic carbocycles. The highest BCUT2D eigenvalue weighted by Gasteiger charge is 2.19. The first-order valence-corrected chi connectivity index (χ1v) is 9.15. The van der Waals surface area contributed by atoms with Gasteiger partial charge in [0.1, 0.15) is 11.9 Å². The van der Waals surface area contributed by atoms with E-state index in [0.29, 0.717) is 12.2 Å². The topological polar surface area (TPSA) is 71.4 Å². The van der Waals surface area contributed by atoms with Gasteiger partial charge in [0, 0.05) is 38.6 Å². The van der Waals surface area contributed by atoms with E-state index in [4.69, 9.17) is 4.74 Å². The molecule has 26 heavy (non-hydrogen) atoms. The summed E-state index contributed by atoms with van der Waals surface area (Å²) in [6.07, 6.45) is 8.50. The molecule has 1 fully saturated rings. The van der Waals surface area contributed by atoms with Gasteiger partial charge in [0.25, 0.3) is 0 Å². The van der Waals surface area contributed by atoms with Gasteiger partial charge < -0.3 is 24.8 Å². The molecule has 0 bridgehead atoms. The highest BCUT2D eigenvalue weighted by molar-refractivity contribution is 5.90. The fourth-order valence-corrected chi connectivity index (χ4v) is 3.00. The van der Waals surface area contributed by atoms with Crippen LogP contribution in [0.1, 0.15) is 19.3 Å². The van der Waals surface area contributed by atoms with Gasteiger partial charge in [0.15, 0.2) is 0 Å². The summed E-state index contributed by atoms with van der Waals surface area (Å²) in [5, 5.41) is 5.78. The molecule has 7 nitrogen and oxygen atoms in total. The Bertz CT molecular complexity index is 681. The molecule has 2 aromatic rings. The summed E-state index contributed by atoms with van der Waals surface area (Å²) in [5.41, 5.74) is 0.707. The maximum Gasteiger partial charge on any atom is 0.319 e. The van der Waals surface area contributed by atoms with Crippen molar-refractivity contribution < 1.29 is 9.53 Å². The smallest absolute Gasteiger partial charge is 0.319 e. The van der Waals surface area contributed by atoms with E-state index in [2.05, 4.69) is 27.6 Å². The molecule has 0 radical (unpaired) electrons. The normalized spacial score (nSPS) is 15.6. The highest BCUT2D eigenvalue weighted by atomic mass is 16.5. The van der Waals surface area contributed by atoms with Gasteiger partial charge in [-0.15, -0.1) is 0 Å². The number of nitrogens with zero attached hydrogens (tertiary/aromatic N) is 3. The molecule has 1 aromatic heterocycles. The van der Waals surface area contributed by atoms with Crippen molar-refractivity contribution >= 4 is 11.7 Å². The number of imidazole rings is 1. The molecule has 1 aliphatic heterocycles. The number of aryl methyl sites for hydroxylation is 1. The number of amides is 2. The number of carbonyl (C=O) groups is 1. The molecule has 2 amide bonds. The average Bonchev–Trinajstić information content (AvgIpc) is 3.16. The number of nitrogens with one attached hydrogen (secondary N) is 2. The summed E-state index contributed by atoms with van der Waals surface area (Å²) in [5.74, 6) is 0.732. The minimum absolute atomic E-state index is 0.201. The van der Waals surface area contributed by atoms with Gasteiger partial charge in [-0.1, -0.05) is 12.1 Å². The van der Waals surface area contributed by atoms with Crippen molar-refractivity contribution in [3.8, 4) is 5.75 Å². The number of para-hydroxylation sites is 2. The van der Waals surface area contributed by atoms with E-state index in [1.165, 1.54) is 0 Å². The van der Waals surface area contributed by atoms with Gasteiger partial charge in [-0.2, -0.15) is 0 Å². The quantitative estimate of drug-likeness (QED) is 0.747. The van der Waals surface area contributed by atoms with Gasteiger partial charge >= 0.3 is 6.03 Å². The van der Waals surface area contributed by atoms with Crippen LogP contribution in [0.2, 0.25) is 0 Å². The number of likely N-dealkylation sites (tertiary alicyclic amines) is 1. The van der Waals surface area contributed by atoms with Crippen molar-refractivity contribution in [2.45, 2.75) is 31.9 Å². The van der Waals surface area contributed by atoms with E-state index < -0.39 is 0 Å². The second-order valence-electron chi connectivity index (χ2n) is 6.65. The van der Waals surface area contributed by atoms with E-state index >= 15 is 0 Å². The molecule has 2 N–H and O–H groups in total. The first-order valence-electron chi connectivity index (χ1n) is 9.15. The van der Waals surface area contributed by atoms with Crippen molar-refractivity contribution in [3.63, 3.8) is 0 Å². The molecule has 1 saturated heterocycles. The zero-order valence-corrected chi connectivity index (χ0v) is 15.2. The largest absolute Gasteiger partial charge is 0.488 e. The summed E-state index contributed by atoms with van der Waals surface area (Å²) in [4.78, 5) is 18.5. The zero-order chi connectivity index (χ0) is 18.2. The Labute approximate surface area is 154 Å². The van der Waals surface area contributed by atoms with E-state index in [1.807, 2.05) is 35.0 Å². The Kier molecular flexibility index (Phi) is 6.49. The lowest BCUT2D eigenvalue weighted by molar-refractivity contribution is 0.115. The van der Waals surface area contributed by atoms with Gasteiger partial charge in [-0.05, 0) is 38.4 Å². The van der Waals surface area contributed by atoms with Crippen LogP contribution in [0.15, 0.2) is 43.0 Å². The number of hydrogen-bond donors (Lipinski definition) is 2. The van der Waals surface area contributed by atoms with Crippen LogP contribution in [0.4, 0.5) is 10.5 Å². The fourth-order valence-electron chi connectivity index (χ4n) is 3.00. The van der Waals surface area contributed by atoms with Crippen LogP contribution in [0.5, 0.6) is 5.75 Å². The SMILES string of the molecule is CN1CCC(Oc2ccccc2NC(=O)NCCCn2ccnc2)CC1. The van der Waals surface area contributed by atoms with Crippen LogP contribution in [0.25, 0.3) is 0 Å². The van der Waals surface area contributed by atoms with Gasteiger partial charge in [-0.3, -0.25) is 0 Å². The minimum Gasteiger partial charge on any atom is -0.488 e. The molecule has 140 valence electrons. The summed E-state index contributed by atoms with van der Waals surface area (Å²) in [6.45, 7) is 3.51. The van der Waals surface area contributed by atoms with Crippen LogP contribution in [0.3, 0.4) is 0 Å². The number of ether oxygens (including phenoxy) is 1. The zero-order valence-electron chi connectivity index (χ0n) is 15.2. The molecule has 0 atom stereocenters. The van der Waals surface area contributed by atoms with E-state index in [9.17, 15) is 4.79 Å². The molecule has 0 saturated carbocycles. The predicted octanol–water partition coefficient (Wildman–Crippen LogP) is 2.57. The number of benzene rings is 1. The number of anilines is 1. The highest BCUT2D eigenvalue weighted by Crippen LogP contribution is 2.27. The lowest BCUT2D eigenvalue weighted by Gasteiger charge is -2.29. The number of rotatable bonds is 7. The van der Waals surface area contributed by atoms with Crippen molar-refractivity contribution in [2.24, 2.45) is 0 Å². The number of urea groups is 1. The third-order valence-corrected chi connectivity index (χ3v) is 4.53. The number of piperidine rings is 1. The fraction of sp³-hybridized carbons (Fsp3) is 0.474. The van der Waals surface area contributed by atoms with Crippen LogP contribution >= 0.6 is 0 Å². The molecule has 7 heteroatoms. The van der Waals surface area contributed by atoms with Gasteiger partial charge in [-0.25, -0.2) is 9.78 Å². The monoisotopic (exact) mass is 357 g/mol. The predicted molar refractivity (Wildman–Crippen MR) is 101 cm³/mol. The average molecular weight is 357 g/mol.